The molecule has 0 spiro atoms. The van der Waals surface area contributed by atoms with Crippen molar-refractivity contribution < 1.29 is 9.59 Å². The standard InChI is InChI=1S/C26H35N5O2/c1-20(2)28-11-13-29(14-12-28)24-9-7-22(8-10-24)25(32)30-15-17-31(18-16-30)26(33)27-23-6-4-5-21(3)19-23/h4-10,19-20H,11-18H2,1-3H3,(H,27,33). The van der Waals surface area contributed by atoms with Gasteiger partial charge in [0.1, 0.15) is 0 Å². The maximum Gasteiger partial charge on any atom is 0.321 e. The number of rotatable bonds is 4. The van der Waals surface area contributed by atoms with Gasteiger partial charge >= 0.3 is 6.03 Å². The van der Waals surface area contributed by atoms with Crippen LogP contribution in [0.15, 0.2) is 48.5 Å². The van der Waals surface area contributed by atoms with Crippen LogP contribution >= 0.6 is 0 Å². The van der Waals surface area contributed by atoms with E-state index in [9.17, 15) is 9.59 Å². The summed E-state index contributed by atoms with van der Waals surface area (Å²) in [5.41, 5.74) is 3.78. The minimum Gasteiger partial charge on any atom is -0.369 e. The molecule has 7 nitrogen and oxygen atoms in total. The second-order valence-corrected chi connectivity index (χ2v) is 9.24. The zero-order valence-corrected chi connectivity index (χ0v) is 20.0. The van der Waals surface area contributed by atoms with Crippen molar-refractivity contribution in [2.75, 3.05) is 62.6 Å². The van der Waals surface area contributed by atoms with Crippen molar-refractivity contribution >= 4 is 23.3 Å². The minimum atomic E-state index is -0.116. The molecule has 2 fully saturated rings. The number of aryl methyl sites for hydroxylation is 1. The number of hydrogen-bond donors (Lipinski definition) is 1. The summed E-state index contributed by atoms with van der Waals surface area (Å²) in [6.07, 6.45) is 0. The van der Waals surface area contributed by atoms with E-state index >= 15 is 0 Å². The van der Waals surface area contributed by atoms with Gasteiger partial charge in [-0.25, -0.2) is 4.79 Å². The van der Waals surface area contributed by atoms with Crippen LogP contribution in [0.1, 0.15) is 29.8 Å². The number of benzene rings is 2. The molecule has 2 heterocycles. The third kappa shape index (κ3) is 5.66. The molecule has 0 saturated carbocycles. The highest BCUT2D eigenvalue weighted by Gasteiger charge is 2.25. The molecule has 2 aliphatic heterocycles. The Bertz CT molecular complexity index is 959. The number of carbonyl (C=O) groups excluding carboxylic acids is 2. The highest BCUT2D eigenvalue weighted by molar-refractivity contribution is 5.95. The number of urea groups is 1. The van der Waals surface area contributed by atoms with Gasteiger partial charge in [-0.1, -0.05) is 12.1 Å². The van der Waals surface area contributed by atoms with Gasteiger partial charge in [-0.15, -0.1) is 0 Å². The van der Waals surface area contributed by atoms with Gasteiger partial charge in [-0.05, 0) is 62.7 Å². The summed E-state index contributed by atoms with van der Waals surface area (Å²) in [4.78, 5) is 34.1. The molecular formula is C26H35N5O2. The van der Waals surface area contributed by atoms with Crippen molar-refractivity contribution in [3.05, 3.63) is 59.7 Å². The fourth-order valence-corrected chi connectivity index (χ4v) is 4.53. The largest absolute Gasteiger partial charge is 0.369 e. The lowest BCUT2D eigenvalue weighted by molar-refractivity contribution is 0.0671. The topological polar surface area (TPSA) is 59.1 Å². The van der Waals surface area contributed by atoms with E-state index in [1.54, 1.807) is 4.90 Å². The molecule has 0 atom stereocenters. The molecule has 1 N–H and O–H groups in total. The molecule has 4 rings (SSSR count). The highest BCUT2D eigenvalue weighted by Crippen LogP contribution is 2.20. The average Bonchev–Trinajstić information content (AvgIpc) is 2.84. The molecule has 0 aliphatic carbocycles. The fourth-order valence-electron chi connectivity index (χ4n) is 4.53. The Morgan fingerprint density at radius 1 is 0.818 bits per heavy atom. The molecule has 2 aromatic carbocycles. The number of carbonyl (C=O) groups is 2. The molecule has 0 bridgehead atoms. The van der Waals surface area contributed by atoms with Crippen LogP contribution < -0.4 is 10.2 Å². The molecule has 2 aromatic rings. The summed E-state index contributed by atoms with van der Waals surface area (Å²) in [5.74, 6) is 0.0323. The van der Waals surface area contributed by atoms with Crippen molar-refractivity contribution in [3.63, 3.8) is 0 Å². The van der Waals surface area contributed by atoms with Gasteiger partial charge < -0.3 is 20.0 Å². The van der Waals surface area contributed by atoms with Crippen LogP contribution in [0.3, 0.4) is 0 Å². The van der Waals surface area contributed by atoms with Crippen molar-refractivity contribution in [1.82, 2.24) is 14.7 Å². The van der Waals surface area contributed by atoms with Crippen molar-refractivity contribution in [2.45, 2.75) is 26.8 Å². The molecule has 2 aliphatic rings. The zero-order chi connectivity index (χ0) is 23.4. The summed E-state index contributed by atoms with van der Waals surface area (Å²) >= 11 is 0. The van der Waals surface area contributed by atoms with Crippen LogP contribution in [0, 0.1) is 6.92 Å². The van der Waals surface area contributed by atoms with E-state index in [0.717, 1.165) is 37.4 Å². The third-order valence-corrected chi connectivity index (χ3v) is 6.65. The number of piperazine rings is 2. The Kier molecular flexibility index (Phi) is 7.18. The summed E-state index contributed by atoms with van der Waals surface area (Å²) in [7, 11) is 0. The Hall–Kier alpha value is -3.06. The fraction of sp³-hybridized carbons (Fsp3) is 0.462. The van der Waals surface area contributed by atoms with E-state index < -0.39 is 0 Å². The smallest absolute Gasteiger partial charge is 0.321 e. The van der Waals surface area contributed by atoms with Crippen molar-refractivity contribution in [1.29, 1.82) is 0 Å². The number of nitrogens with one attached hydrogen (secondary N) is 1. The predicted octanol–water partition coefficient (Wildman–Crippen LogP) is 3.52. The monoisotopic (exact) mass is 449 g/mol. The number of hydrogen-bond acceptors (Lipinski definition) is 4. The quantitative estimate of drug-likeness (QED) is 0.776. The molecule has 33 heavy (non-hydrogen) atoms. The van der Waals surface area contributed by atoms with E-state index in [2.05, 4.69) is 41.1 Å². The maximum atomic E-state index is 13.0. The normalized spacial score (nSPS) is 17.4. The zero-order valence-electron chi connectivity index (χ0n) is 20.0. The van der Waals surface area contributed by atoms with Crippen LogP contribution in [-0.4, -0.2) is 85.0 Å². The molecule has 0 radical (unpaired) electrons. The molecule has 3 amide bonds. The number of nitrogens with zero attached hydrogens (tertiary/aromatic N) is 4. The van der Waals surface area contributed by atoms with Crippen LogP contribution in [0.2, 0.25) is 0 Å². The van der Waals surface area contributed by atoms with Crippen molar-refractivity contribution in [3.8, 4) is 0 Å². The van der Waals surface area contributed by atoms with Gasteiger partial charge in [0.15, 0.2) is 0 Å². The van der Waals surface area contributed by atoms with E-state index in [1.165, 1.54) is 5.69 Å². The second kappa shape index (κ2) is 10.3. The van der Waals surface area contributed by atoms with Gasteiger partial charge in [0, 0.05) is 75.3 Å². The summed E-state index contributed by atoms with van der Waals surface area (Å²) < 4.78 is 0. The Balaban J connectivity index is 1.27. The summed E-state index contributed by atoms with van der Waals surface area (Å²) in [6.45, 7) is 12.8. The lowest BCUT2D eigenvalue weighted by Gasteiger charge is -2.38. The third-order valence-electron chi connectivity index (χ3n) is 6.65. The number of amides is 3. The van der Waals surface area contributed by atoms with Gasteiger partial charge in [-0.2, -0.15) is 0 Å². The van der Waals surface area contributed by atoms with Crippen LogP contribution in [0.4, 0.5) is 16.2 Å². The van der Waals surface area contributed by atoms with Gasteiger partial charge in [-0.3, -0.25) is 9.69 Å². The first-order chi connectivity index (χ1) is 15.9. The lowest BCUT2D eigenvalue weighted by Crippen LogP contribution is -2.51. The molecule has 7 heteroatoms. The first-order valence-electron chi connectivity index (χ1n) is 11.9. The second-order valence-electron chi connectivity index (χ2n) is 9.24. The van der Waals surface area contributed by atoms with Crippen LogP contribution in [0.5, 0.6) is 0 Å². The maximum absolute atomic E-state index is 13.0. The van der Waals surface area contributed by atoms with Gasteiger partial charge in [0.25, 0.3) is 5.91 Å². The van der Waals surface area contributed by atoms with Gasteiger partial charge in [0.05, 0.1) is 0 Å². The predicted molar refractivity (Wildman–Crippen MR) is 133 cm³/mol. The average molecular weight is 450 g/mol. The Labute approximate surface area is 196 Å². The first kappa shape index (κ1) is 23.1. The van der Waals surface area contributed by atoms with E-state index in [-0.39, 0.29) is 11.9 Å². The molecule has 2 saturated heterocycles. The van der Waals surface area contributed by atoms with Crippen molar-refractivity contribution in [2.24, 2.45) is 0 Å². The lowest BCUT2D eigenvalue weighted by atomic mass is 10.1. The molecule has 0 aromatic heterocycles. The van der Waals surface area contributed by atoms with Crippen LogP contribution in [-0.2, 0) is 0 Å². The van der Waals surface area contributed by atoms with E-state index in [0.29, 0.717) is 37.8 Å². The molecule has 0 unspecified atom stereocenters. The first-order valence-corrected chi connectivity index (χ1v) is 11.9. The highest BCUT2D eigenvalue weighted by atomic mass is 16.2. The van der Waals surface area contributed by atoms with E-state index in [4.69, 9.17) is 0 Å². The minimum absolute atomic E-state index is 0.0323. The Morgan fingerprint density at radius 3 is 2.06 bits per heavy atom. The molecular weight excluding hydrogens is 414 g/mol. The molecule has 176 valence electrons. The SMILES string of the molecule is Cc1cccc(NC(=O)N2CCN(C(=O)c3ccc(N4CCN(C(C)C)CC4)cc3)CC2)c1. The van der Waals surface area contributed by atoms with Crippen LogP contribution in [0.25, 0.3) is 0 Å². The van der Waals surface area contributed by atoms with E-state index in [1.807, 2.05) is 48.2 Å². The summed E-state index contributed by atoms with van der Waals surface area (Å²) in [6, 6.07) is 16.2. The Morgan fingerprint density at radius 2 is 1.45 bits per heavy atom. The summed E-state index contributed by atoms with van der Waals surface area (Å²) in [5, 5.41) is 2.95. The number of anilines is 2. The van der Waals surface area contributed by atoms with Gasteiger partial charge in [0.2, 0.25) is 0 Å².